The summed E-state index contributed by atoms with van der Waals surface area (Å²) in [5.41, 5.74) is 4.63. The molecule has 0 radical (unpaired) electrons. The number of aryl methyl sites for hydroxylation is 2. The maximum Gasteiger partial charge on any atom is 0.255 e. The largest absolute Gasteiger partial charge is 0.497 e. The Kier molecular flexibility index (Phi) is 5.89. The monoisotopic (exact) mass is 417 g/mol. The van der Waals surface area contributed by atoms with E-state index in [1.807, 2.05) is 36.1 Å². The summed E-state index contributed by atoms with van der Waals surface area (Å²) in [6.07, 6.45) is 3.53. The van der Waals surface area contributed by atoms with Crippen LogP contribution < -0.4 is 10.3 Å². The molecule has 31 heavy (non-hydrogen) atoms. The number of piperidine rings is 1. The van der Waals surface area contributed by atoms with Crippen molar-refractivity contribution in [3.8, 4) is 16.9 Å². The lowest BCUT2D eigenvalue weighted by Gasteiger charge is -2.33. The van der Waals surface area contributed by atoms with Crippen LogP contribution in [0.25, 0.3) is 11.1 Å². The molecule has 160 valence electrons. The first kappa shape index (κ1) is 20.8. The molecular formula is C25H27N3O3. The molecule has 1 aliphatic rings. The fourth-order valence-corrected chi connectivity index (χ4v) is 4.16. The minimum atomic E-state index is -0.122. The fourth-order valence-electron chi connectivity index (χ4n) is 4.16. The lowest BCUT2D eigenvalue weighted by atomic mass is 9.92. The maximum atomic E-state index is 13.0. The van der Waals surface area contributed by atoms with Gasteiger partial charge in [-0.15, -0.1) is 0 Å². The van der Waals surface area contributed by atoms with E-state index >= 15 is 0 Å². The molecule has 0 spiro atoms. The van der Waals surface area contributed by atoms with Crippen LogP contribution in [0, 0.1) is 6.92 Å². The fraction of sp³-hybridized carbons (Fsp3) is 0.320. The number of benzene rings is 1. The number of carbonyl (C=O) groups is 1. The van der Waals surface area contributed by atoms with Gasteiger partial charge in [0, 0.05) is 49.7 Å². The Hall–Kier alpha value is -3.41. The van der Waals surface area contributed by atoms with Crippen molar-refractivity contribution in [3.63, 3.8) is 0 Å². The summed E-state index contributed by atoms with van der Waals surface area (Å²) in [6, 6.07) is 15.3. The average Bonchev–Trinajstić information content (AvgIpc) is 2.80. The Balaban J connectivity index is 1.57. The van der Waals surface area contributed by atoms with Crippen LogP contribution in [0.2, 0.25) is 0 Å². The van der Waals surface area contributed by atoms with E-state index in [0.29, 0.717) is 12.1 Å². The predicted octanol–water partition coefficient (Wildman–Crippen LogP) is 3.78. The second kappa shape index (κ2) is 8.76. The highest BCUT2D eigenvalue weighted by Crippen LogP contribution is 2.30. The minimum Gasteiger partial charge on any atom is -0.497 e. The summed E-state index contributed by atoms with van der Waals surface area (Å²) in [4.78, 5) is 31.4. The van der Waals surface area contributed by atoms with Crippen LogP contribution in [0.5, 0.6) is 5.75 Å². The molecule has 0 unspecified atom stereocenters. The van der Waals surface area contributed by atoms with Crippen molar-refractivity contribution in [2.24, 2.45) is 7.05 Å². The average molecular weight is 418 g/mol. The number of aromatic nitrogens is 2. The van der Waals surface area contributed by atoms with Gasteiger partial charge in [-0.25, -0.2) is 0 Å². The van der Waals surface area contributed by atoms with Crippen LogP contribution in [-0.2, 0) is 7.05 Å². The smallest absolute Gasteiger partial charge is 0.255 e. The summed E-state index contributed by atoms with van der Waals surface area (Å²) < 4.78 is 6.71. The van der Waals surface area contributed by atoms with Gasteiger partial charge in [0.05, 0.1) is 12.7 Å². The topological polar surface area (TPSA) is 64.4 Å². The molecule has 0 N–H and O–H groups in total. The summed E-state index contributed by atoms with van der Waals surface area (Å²) in [5.74, 6) is 0.972. The third kappa shape index (κ3) is 4.53. The number of carbonyl (C=O) groups excluding carboxylic acids is 1. The molecule has 0 saturated carbocycles. The number of hydrogen-bond acceptors (Lipinski definition) is 4. The highest BCUT2D eigenvalue weighted by Gasteiger charge is 2.27. The molecule has 1 amide bonds. The van der Waals surface area contributed by atoms with Gasteiger partial charge >= 0.3 is 0 Å². The molecule has 1 aliphatic heterocycles. The van der Waals surface area contributed by atoms with E-state index in [0.717, 1.165) is 47.7 Å². The van der Waals surface area contributed by atoms with Crippen molar-refractivity contribution < 1.29 is 9.53 Å². The van der Waals surface area contributed by atoms with Crippen LogP contribution >= 0.6 is 0 Å². The van der Waals surface area contributed by atoms with Gasteiger partial charge in [0.15, 0.2) is 0 Å². The van der Waals surface area contributed by atoms with E-state index in [4.69, 9.17) is 9.72 Å². The molecule has 6 heteroatoms. The number of nitrogens with zero attached hydrogens (tertiary/aromatic N) is 3. The summed E-state index contributed by atoms with van der Waals surface area (Å²) in [5, 5.41) is 0. The molecule has 1 atom stereocenters. The van der Waals surface area contributed by atoms with E-state index in [1.54, 1.807) is 26.4 Å². The van der Waals surface area contributed by atoms with Crippen LogP contribution in [-0.4, -0.2) is 40.6 Å². The molecule has 1 fully saturated rings. The summed E-state index contributed by atoms with van der Waals surface area (Å²) in [7, 11) is 3.32. The lowest BCUT2D eigenvalue weighted by Crippen LogP contribution is -2.39. The Morgan fingerprint density at radius 3 is 2.58 bits per heavy atom. The first-order valence-electron chi connectivity index (χ1n) is 10.5. The normalized spacial score (nSPS) is 16.2. The Bertz CT molecular complexity index is 1150. The number of methoxy groups -OCH3 is 1. The molecule has 3 heterocycles. The van der Waals surface area contributed by atoms with Gasteiger partial charge in [-0.3, -0.25) is 14.6 Å². The van der Waals surface area contributed by atoms with E-state index in [-0.39, 0.29) is 17.4 Å². The standard InChI is InChI=1S/C25H27N3O3/c1-17-13-21(18-6-9-22(31-3)10-7-18)14-23(26-17)19-5-4-12-28(16-19)25(30)20-8-11-24(29)27(2)15-20/h6-11,13-15,19H,4-5,12,16H2,1-3H3/t19-/m0/s1. The first-order chi connectivity index (χ1) is 14.9. The number of amides is 1. The van der Waals surface area contributed by atoms with Gasteiger partial charge in [0.2, 0.25) is 5.56 Å². The molecule has 3 aromatic rings. The van der Waals surface area contributed by atoms with Gasteiger partial charge in [0.25, 0.3) is 5.91 Å². The van der Waals surface area contributed by atoms with Gasteiger partial charge in [-0.1, -0.05) is 12.1 Å². The molecule has 1 saturated heterocycles. The summed E-state index contributed by atoms with van der Waals surface area (Å²) in [6.45, 7) is 3.35. The molecule has 0 aliphatic carbocycles. The van der Waals surface area contributed by atoms with Crippen molar-refractivity contribution in [2.45, 2.75) is 25.7 Å². The highest BCUT2D eigenvalue weighted by molar-refractivity contribution is 5.94. The van der Waals surface area contributed by atoms with Crippen LogP contribution in [0.3, 0.4) is 0 Å². The number of hydrogen-bond donors (Lipinski definition) is 0. The number of ether oxygens (including phenoxy) is 1. The van der Waals surface area contributed by atoms with E-state index < -0.39 is 0 Å². The lowest BCUT2D eigenvalue weighted by molar-refractivity contribution is 0.0705. The van der Waals surface area contributed by atoms with Crippen LogP contribution in [0.15, 0.2) is 59.5 Å². The third-order valence-corrected chi connectivity index (χ3v) is 5.86. The first-order valence-corrected chi connectivity index (χ1v) is 10.5. The zero-order chi connectivity index (χ0) is 22.0. The zero-order valence-electron chi connectivity index (χ0n) is 18.2. The second-order valence-corrected chi connectivity index (χ2v) is 8.11. The van der Waals surface area contributed by atoms with Crippen molar-refractivity contribution in [3.05, 3.63) is 82.0 Å². The molecule has 0 bridgehead atoms. The number of likely N-dealkylation sites (tertiary alicyclic amines) is 1. The van der Waals surface area contributed by atoms with Crippen molar-refractivity contribution in [1.29, 1.82) is 0 Å². The van der Waals surface area contributed by atoms with Gasteiger partial charge in [-0.2, -0.15) is 0 Å². The Morgan fingerprint density at radius 1 is 1.10 bits per heavy atom. The Labute approximate surface area is 182 Å². The summed E-state index contributed by atoms with van der Waals surface area (Å²) >= 11 is 0. The maximum absolute atomic E-state index is 13.0. The molecule has 2 aromatic heterocycles. The molecule has 6 nitrogen and oxygen atoms in total. The quantitative estimate of drug-likeness (QED) is 0.648. The SMILES string of the molecule is COc1ccc(-c2cc(C)nc([C@H]3CCCN(C(=O)c4ccc(=O)n(C)c4)C3)c2)cc1. The molecular weight excluding hydrogens is 390 g/mol. The van der Waals surface area contributed by atoms with Gasteiger partial charge in [-0.05, 0) is 61.2 Å². The van der Waals surface area contributed by atoms with Crippen LogP contribution in [0.4, 0.5) is 0 Å². The minimum absolute atomic E-state index is 0.0386. The second-order valence-electron chi connectivity index (χ2n) is 8.11. The zero-order valence-corrected chi connectivity index (χ0v) is 18.2. The molecule has 4 rings (SSSR count). The van der Waals surface area contributed by atoms with Gasteiger partial charge < -0.3 is 14.2 Å². The van der Waals surface area contributed by atoms with Crippen molar-refractivity contribution >= 4 is 5.91 Å². The van der Waals surface area contributed by atoms with E-state index in [9.17, 15) is 9.59 Å². The molecule has 1 aromatic carbocycles. The van der Waals surface area contributed by atoms with Crippen LogP contribution in [0.1, 0.15) is 40.5 Å². The van der Waals surface area contributed by atoms with E-state index in [1.165, 1.54) is 10.6 Å². The van der Waals surface area contributed by atoms with Crippen molar-refractivity contribution in [1.82, 2.24) is 14.5 Å². The van der Waals surface area contributed by atoms with Crippen molar-refractivity contribution in [2.75, 3.05) is 20.2 Å². The number of pyridine rings is 2. The van der Waals surface area contributed by atoms with E-state index in [2.05, 4.69) is 12.1 Å². The third-order valence-electron chi connectivity index (χ3n) is 5.86. The highest BCUT2D eigenvalue weighted by atomic mass is 16.5. The van der Waals surface area contributed by atoms with Gasteiger partial charge in [0.1, 0.15) is 5.75 Å². The predicted molar refractivity (Wildman–Crippen MR) is 121 cm³/mol. The Morgan fingerprint density at radius 2 is 1.87 bits per heavy atom. The number of rotatable bonds is 4.